The summed E-state index contributed by atoms with van der Waals surface area (Å²) in [5, 5.41) is 3.28. The van der Waals surface area contributed by atoms with Crippen molar-refractivity contribution < 1.29 is 4.79 Å². The van der Waals surface area contributed by atoms with Crippen LogP contribution in [-0.4, -0.2) is 30.1 Å². The average Bonchev–Trinajstić information content (AvgIpc) is 2.87. The quantitative estimate of drug-likeness (QED) is 0.732. The molecule has 1 atom stereocenters. The van der Waals surface area contributed by atoms with Crippen LogP contribution in [0.2, 0.25) is 0 Å². The minimum atomic E-state index is 0.0641. The van der Waals surface area contributed by atoms with Gasteiger partial charge in [0.2, 0.25) is 5.91 Å². The van der Waals surface area contributed by atoms with Crippen LogP contribution in [-0.2, 0) is 4.79 Å². The maximum atomic E-state index is 11.8. The number of amides is 1. The van der Waals surface area contributed by atoms with Crippen LogP contribution in [0.3, 0.4) is 0 Å². The Morgan fingerprint density at radius 3 is 2.71 bits per heavy atom. The molecule has 3 heteroatoms. The van der Waals surface area contributed by atoms with E-state index in [4.69, 9.17) is 0 Å². The summed E-state index contributed by atoms with van der Waals surface area (Å²) in [5.74, 6) is 1.63. The third-order valence-corrected chi connectivity index (χ3v) is 3.25. The number of nitrogens with one attached hydrogen (secondary N) is 1. The molecule has 1 saturated heterocycles. The molecule has 1 saturated carbocycles. The van der Waals surface area contributed by atoms with Crippen molar-refractivity contribution in [2.24, 2.45) is 11.8 Å². The first kappa shape index (κ1) is 9.97. The van der Waals surface area contributed by atoms with E-state index in [1.165, 1.54) is 19.3 Å². The van der Waals surface area contributed by atoms with Gasteiger partial charge >= 0.3 is 0 Å². The number of carbonyl (C=O) groups excluding carboxylic acids is 1. The van der Waals surface area contributed by atoms with Gasteiger partial charge in [-0.3, -0.25) is 10.1 Å². The molecule has 2 rings (SSSR count). The maximum absolute atomic E-state index is 11.8. The summed E-state index contributed by atoms with van der Waals surface area (Å²) in [6.07, 6.45) is 3.96. The van der Waals surface area contributed by atoms with Crippen molar-refractivity contribution in [3.63, 3.8) is 0 Å². The van der Waals surface area contributed by atoms with Gasteiger partial charge in [0, 0.05) is 6.54 Å². The zero-order valence-corrected chi connectivity index (χ0v) is 9.12. The summed E-state index contributed by atoms with van der Waals surface area (Å²) in [7, 11) is 0. The molecule has 0 aromatic heterocycles. The van der Waals surface area contributed by atoms with Gasteiger partial charge in [-0.2, -0.15) is 0 Å². The molecule has 80 valence electrons. The van der Waals surface area contributed by atoms with Gasteiger partial charge in [0.05, 0.1) is 12.7 Å². The lowest BCUT2D eigenvalue weighted by Gasteiger charge is -2.16. The Labute approximate surface area is 85.8 Å². The SMILES string of the molecule is CC(C)C1NCN(CCC2CC2)C1=O. The number of carbonyl (C=O) groups is 1. The van der Waals surface area contributed by atoms with Crippen molar-refractivity contribution in [1.29, 1.82) is 0 Å². The van der Waals surface area contributed by atoms with Gasteiger partial charge in [-0.15, -0.1) is 0 Å². The molecule has 1 amide bonds. The van der Waals surface area contributed by atoms with Crippen LogP contribution in [0.5, 0.6) is 0 Å². The fourth-order valence-electron chi connectivity index (χ4n) is 2.03. The van der Waals surface area contributed by atoms with E-state index in [2.05, 4.69) is 19.2 Å². The zero-order valence-electron chi connectivity index (χ0n) is 9.12. The van der Waals surface area contributed by atoms with E-state index < -0.39 is 0 Å². The first-order chi connectivity index (χ1) is 6.68. The summed E-state index contributed by atoms with van der Waals surface area (Å²) in [4.78, 5) is 13.8. The lowest BCUT2D eigenvalue weighted by molar-refractivity contribution is -0.129. The molecule has 3 nitrogen and oxygen atoms in total. The second-order valence-electron chi connectivity index (χ2n) is 4.92. The third kappa shape index (κ3) is 2.08. The van der Waals surface area contributed by atoms with Crippen LogP contribution in [0, 0.1) is 11.8 Å². The van der Waals surface area contributed by atoms with E-state index in [0.717, 1.165) is 19.1 Å². The van der Waals surface area contributed by atoms with Crippen LogP contribution in [0.4, 0.5) is 0 Å². The molecule has 0 aromatic carbocycles. The fraction of sp³-hybridized carbons (Fsp3) is 0.909. The molecule has 0 bridgehead atoms. The Hall–Kier alpha value is -0.570. The summed E-state index contributed by atoms with van der Waals surface area (Å²) in [5.41, 5.74) is 0. The van der Waals surface area contributed by atoms with Crippen LogP contribution in [0.25, 0.3) is 0 Å². The highest BCUT2D eigenvalue weighted by Crippen LogP contribution is 2.32. The lowest BCUT2D eigenvalue weighted by Crippen LogP contribution is -2.35. The monoisotopic (exact) mass is 196 g/mol. The lowest BCUT2D eigenvalue weighted by atomic mass is 10.1. The van der Waals surface area contributed by atoms with E-state index in [1.54, 1.807) is 0 Å². The molecule has 1 heterocycles. The second kappa shape index (κ2) is 3.89. The highest BCUT2D eigenvalue weighted by atomic mass is 16.2. The molecule has 1 unspecified atom stereocenters. The topological polar surface area (TPSA) is 32.3 Å². The summed E-state index contributed by atoms with van der Waals surface area (Å²) >= 11 is 0. The van der Waals surface area contributed by atoms with E-state index in [1.807, 2.05) is 4.90 Å². The van der Waals surface area contributed by atoms with E-state index in [0.29, 0.717) is 11.8 Å². The normalized spacial score (nSPS) is 27.8. The Morgan fingerprint density at radius 2 is 2.21 bits per heavy atom. The standard InChI is InChI=1S/C11H20N2O/c1-8(2)10-11(14)13(7-12-10)6-5-9-3-4-9/h8-10,12H,3-7H2,1-2H3. The van der Waals surface area contributed by atoms with Gasteiger partial charge in [0.15, 0.2) is 0 Å². The number of hydrogen-bond acceptors (Lipinski definition) is 2. The van der Waals surface area contributed by atoms with Crippen molar-refractivity contribution in [3.05, 3.63) is 0 Å². The van der Waals surface area contributed by atoms with Crippen molar-refractivity contribution in [3.8, 4) is 0 Å². The summed E-state index contributed by atoms with van der Waals surface area (Å²) < 4.78 is 0. The van der Waals surface area contributed by atoms with Crippen LogP contribution in [0.1, 0.15) is 33.1 Å². The molecular weight excluding hydrogens is 176 g/mol. The fourth-order valence-corrected chi connectivity index (χ4v) is 2.03. The Morgan fingerprint density at radius 1 is 1.50 bits per heavy atom. The van der Waals surface area contributed by atoms with Gasteiger partial charge in [-0.05, 0) is 18.3 Å². The third-order valence-electron chi connectivity index (χ3n) is 3.25. The van der Waals surface area contributed by atoms with Gasteiger partial charge in [-0.25, -0.2) is 0 Å². The minimum absolute atomic E-state index is 0.0641. The summed E-state index contributed by atoms with van der Waals surface area (Å²) in [6.45, 7) is 5.91. The predicted octanol–water partition coefficient (Wildman–Crippen LogP) is 1.20. The number of rotatable bonds is 4. The molecule has 14 heavy (non-hydrogen) atoms. The molecule has 0 aromatic rings. The predicted molar refractivity (Wildman–Crippen MR) is 55.7 cm³/mol. The van der Waals surface area contributed by atoms with Crippen LogP contribution in [0.15, 0.2) is 0 Å². The number of nitrogens with zero attached hydrogens (tertiary/aromatic N) is 1. The van der Waals surface area contributed by atoms with Crippen molar-refractivity contribution in [1.82, 2.24) is 10.2 Å². The highest BCUT2D eigenvalue weighted by Gasteiger charge is 2.33. The largest absolute Gasteiger partial charge is 0.329 e. The van der Waals surface area contributed by atoms with Gasteiger partial charge in [0.25, 0.3) is 0 Å². The summed E-state index contributed by atoms with van der Waals surface area (Å²) in [6, 6.07) is 0.0641. The van der Waals surface area contributed by atoms with Crippen molar-refractivity contribution in [2.75, 3.05) is 13.2 Å². The van der Waals surface area contributed by atoms with E-state index in [9.17, 15) is 4.79 Å². The molecule has 2 fully saturated rings. The molecule has 1 aliphatic heterocycles. The van der Waals surface area contributed by atoms with E-state index >= 15 is 0 Å². The molecule has 0 radical (unpaired) electrons. The molecular formula is C11H20N2O. The molecule has 2 aliphatic rings. The van der Waals surface area contributed by atoms with Crippen LogP contribution >= 0.6 is 0 Å². The number of hydrogen-bond donors (Lipinski definition) is 1. The Kier molecular flexibility index (Phi) is 2.77. The second-order valence-corrected chi connectivity index (χ2v) is 4.92. The van der Waals surface area contributed by atoms with Crippen molar-refractivity contribution in [2.45, 2.75) is 39.2 Å². The smallest absolute Gasteiger partial charge is 0.241 e. The first-order valence-corrected chi connectivity index (χ1v) is 5.70. The minimum Gasteiger partial charge on any atom is -0.329 e. The first-order valence-electron chi connectivity index (χ1n) is 5.70. The average molecular weight is 196 g/mol. The molecule has 1 N–H and O–H groups in total. The van der Waals surface area contributed by atoms with Crippen LogP contribution < -0.4 is 5.32 Å². The van der Waals surface area contributed by atoms with E-state index in [-0.39, 0.29) is 6.04 Å². The Bertz CT molecular complexity index is 223. The molecule has 0 spiro atoms. The maximum Gasteiger partial charge on any atom is 0.241 e. The van der Waals surface area contributed by atoms with Crippen molar-refractivity contribution >= 4 is 5.91 Å². The Balaban J connectivity index is 1.79. The van der Waals surface area contributed by atoms with Gasteiger partial charge < -0.3 is 4.90 Å². The highest BCUT2D eigenvalue weighted by molar-refractivity contribution is 5.83. The van der Waals surface area contributed by atoms with Gasteiger partial charge in [-0.1, -0.05) is 26.7 Å². The molecule has 1 aliphatic carbocycles. The zero-order chi connectivity index (χ0) is 10.1. The van der Waals surface area contributed by atoms with Gasteiger partial charge in [0.1, 0.15) is 0 Å².